The summed E-state index contributed by atoms with van der Waals surface area (Å²) in [5.41, 5.74) is 3.19. The first-order valence-electron chi connectivity index (χ1n) is 20.2. The van der Waals surface area contributed by atoms with E-state index in [0.29, 0.717) is 46.5 Å². The van der Waals surface area contributed by atoms with Crippen molar-refractivity contribution in [3.05, 3.63) is 0 Å². The fraction of sp³-hybridized carbons (Fsp3) is 1.00. The van der Waals surface area contributed by atoms with Crippen molar-refractivity contribution in [3.8, 4) is 0 Å². The highest BCUT2D eigenvalue weighted by Gasteiger charge is 2.49. The fourth-order valence-corrected chi connectivity index (χ4v) is 21.5. The molecule has 3 heterocycles. The lowest BCUT2D eigenvalue weighted by atomic mass is 9.94. The van der Waals surface area contributed by atoms with Gasteiger partial charge in [-0.2, -0.15) is 0 Å². The first-order chi connectivity index (χ1) is 22.8. The van der Waals surface area contributed by atoms with Crippen molar-refractivity contribution >= 4 is 16.6 Å². The maximum Gasteiger partial charge on any atom is 0.200 e. The molecule has 3 rings (SSSR count). The van der Waals surface area contributed by atoms with Crippen molar-refractivity contribution in [2.45, 2.75) is 244 Å². The van der Waals surface area contributed by atoms with Gasteiger partial charge in [0.05, 0.1) is 49.8 Å². The molecule has 50 heavy (non-hydrogen) atoms. The molecule has 3 fully saturated rings. The number of ether oxygens (including phenoxy) is 6. The van der Waals surface area contributed by atoms with E-state index in [0.717, 1.165) is 32.1 Å². The molecule has 0 N–H and O–H groups in total. The van der Waals surface area contributed by atoms with Gasteiger partial charge >= 0.3 is 0 Å². The molecule has 0 aromatic rings. The minimum atomic E-state index is -2.01. The summed E-state index contributed by atoms with van der Waals surface area (Å²) in [6.45, 7) is 41.5. The van der Waals surface area contributed by atoms with Crippen LogP contribution in [0.3, 0.4) is 0 Å². The van der Waals surface area contributed by atoms with Crippen molar-refractivity contribution in [3.63, 3.8) is 0 Å². The minimum absolute atomic E-state index is 0.00130. The summed E-state index contributed by atoms with van der Waals surface area (Å²) in [4.78, 5) is 0. The van der Waals surface area contributed by atoms with Crippen molar-refractivity contribution in [2.75, 3.05) is 13.2 Å². The molecule has 0 bridgehead atoms. The lowest BCUT2D eigenvalue weighted by Crippen LogP contribution is -2.53. The Balaban J connectivity index is 1.68. The Kier molecular flexibility index (Phi) is 15.4. The third kappa shape index (κ3) is 11.1. The van der Waals surface area contributed by atoms with Gasteiger partial charge in [-0.1, -0.05) is 83.1 Å². The maximum absolute atomic E-state index is 6.99. The zero-order valence-corrected chi connectivity index (χ0v) is 37.6. The van der Waals surface area contributed by atoms with Gasteiger partial charge in [-0.05, 0) is 74.8 Å². The first kappa shape index (κ1) is 44.5. The van der Waals surface area contributed by atoms with Crippen molar-refractivity contribution in [1.29, 1.82) is 0 Å². The molecule has 0 saturated carbocycles. The third-order valence-electron chi connectivity index (χ3n) is 11.8. The van der Waals surface area contributed by atoms with Gasteiger partial charge in [-0.25, -0.2) is 0 Å². The van der Waals surface area contributed by atoms with E-state index in [1.54, 1.807) is 0 Å². The average molecular weight is 745 g/mol. The molecule has 3 aliphatic heterocycles. The van der Waals surface area contributed by atoms with Gasteiger partial charge < -0.3 is 37.3 Å². The van der Waals surface area contributed by atoms with Crippen LogP contribution in [0, 0.1) is 0 Å². The van der Waals surface area contributed by atoms with Crippen molar-refractivity contribution in [2.24, 2.45) is 0 Å². The third-order valence-corrected chi connectivity index (χ3v) is 23.9. The van der Waals surface area contributed by atoms with E-state index < -0.39 is 34.0 Å². The fourth-order valence-electron chi connectivity index (χ4n) is 10.5. The molecule has 0 spiro atoms. The largest absolute Gasteiger partial charge is 0.413 e. The number of rotatable bonds is 16. The summed E-state index contributed by atoms with van der Waals surface area (Å²) in [5, 5.41) is 0. The molecular weight excluding hydrogens is 665 g/mol. The van der Waals surface area contributed by atoms with Gasteiger partial charge in [0, 0.05) is 32.1 Å². The van der Waals surface area contributed by atoms with Crippen LogP contribution in [0.1, 0.15) is 157 Å². The summed E-state index contributed by atoms with van der Waals surface area (Å²) in [6, 6.07) is 0. The van der Waals surface area contributed by atoms with E-state index in [2.05, 4.69) is 83.1 Å². The van der Waals surface area contributed by atoms with Crippen LogP contribution in [-0.4, -0.2) is 83.8 Å². The van der Waals surface area contributed by atoms with Crippen LogP contribution in [0.15, 0.2) is 0 Å². The molecule has 0 aromatic carbocycles. The van der Waals surface area contributed by atoms with Crippen molar-refractivity contribution < 1.29 is 37.3 Å². The highest BCUT2D eigenvalue weighted by atomic mass is 28.4. The molecule has 1 unspecified atom stereocenters. The van der Waals surface area contributed by atoms with E-state index in [1.807, 2.05) is 41.5 Å². The molecule has 3 saturated heterocycles. The van der Waals surface area contributed by atoms with E-state index in [9.17, 15) is 0 Å². The molecule has 0 radical (unpaired) electrons. The van der Waals surface area contributed by atoms with E-state index in [-0.39, 0.29) is 36.6 Å². The number of hydrogen-bond acceptors (Lipinski definition) is 8. The van der Waals surface area contributed by atoms with Crippen LogP contribution in [-0.2, 0) is 37.3 Å². The summed E-state index contributed by atoms with van der Waals surface area (Å²) in [5.74, 6) is -2.07. The monoisotopic (exact) mass is 745 g/mol. The lowest BCUT2D eigenvalue weighted by Gasteiger charge is -2.48. The van der Waals surface area contributed by atoms with E-state index in [1.165, 1.54) is 0 Å². The normalized spacial score (nSPS) is 30.7. The first-order valence-corrected chi connectivity index (χ1v) is 24.5. The van der Waals surface area contributed by atoms with Crippen LogP contribution in [0.5, 0.6) is 0 Å². The highest BCUT2D eigenvalue weighted by molar-refractivity contribution is 6.78. The van der Waals surface area contributed by atoms with E-state index >= 15 is 0 Å². The molecule has 10 heteroatoms. The Bertz CT molecular complexity index is 921. The van der Waals surface area contributed by atoms with Crippen LogP contribution in [0.25, 0.3) is 0 Å². The second-order valence-corrected chi connectivity index (χ2v) is 30.0. The predicted molar refractivity (Wildman–Crippen MR) is 209 cm³/mol. The van der Waals surface area contributed by atoms with Gasteiger partial charge in [0.15, 0.2) is 34.0 Å². The summed E-state index contributed by atoms with van der Waals surface area (Å²) in [7, 11) is -4.01. The SMILES string of the molecule is CC(C)[Si](OCC1C[C@H](C[C@H]2C[C@H](C[C@H]3C[C@@H](CO[Si](C(C)C)(C(C)C)C(C)C)OC(C)(C)O3)OC(C)(C)O2)OC(C)(C)O1)(C(C)C)C(C)C. The van der Waals surface area contributed by atoms with Gasteiger partial charge in [0.1, 0.15) is 0 Å². The van der Waals surface area contributed by atoms with E-state index in [4.69, 9.17) is 37.3 Å². The quantitative estimate of drug-likeness (QED) is 0.145. The highest BCUT2D eigenvalue weighted by Crippen LogP contribution is 2.45. The molecule has 3 aliphatic rings. The van der Waals surface area contributed by atoms with Gasteiger partial charge in [0.2, 0.25) is 0 Å². The number of hydrogen-bond donors (Lipinski definition) is 0. The molecule has 0 aliphatic carbocycles. The van der Waals surface area contributed by atoms with Crippen molar-refractivity contribution in [1.82, 2.24) is 0 Å². The standard InChI is InChI=1S/C40H80O8Si2/c1-26(2)49(27(3)4,28(5)6)41-24-36-22-34(45-39(15,16)47-36)20-32-19-33(44-38(13,14)43-32)21-35-23-37(48-40(17,18)46-35)25-42-50(29(7)8,30(9)10)31(11)12/h26-37H,19-25H2,1-18H3/t32-,33-,34+,35+,36+,37?/m1/s1. The molecular formula is C40H80O8Si2. The smallest absolute Gasteiger partial charge is 0.200 e. The minimum Gasteiger partial charge on any atom is -0.413 e. The zero-order chi connectivity index (χ0) is 38.0. The lowest BCUT2D eigenvalue weighted by molar-refractivity contribution is -0.336. The Morgan fingerprint density at radius 3 is 0.820 bits per heavy atom. The summed E-state index contributed by atoms with van der Waals surface area (Å²) in [6.07, 6.45) is 3.94. The van der Waals surface area contributed by atoms with Gasteiger partial charge in [-0.3, -0.25) is 0 Å². The zero-order valence-electron chi connectivity index (χ0n) is 35.6. The maximum atomic E-state index is 6.99. The molecule has 8 nitrogen and oxygen atoms in total. The van der Waals surface area contributed by atoms with Crippen LogP contribution >= 0.6 is 0 Å². The van der Waals surface area contributed by atoms with Gasteiger partial charge in [-0.15, -0.1) is 0 Å². The van der Waals surface area contributed by atoms with Gasteiger partial charge in [0.25, 0.3) is 0 Å². The average Bonchev–Trinajstić information content (AvgIpc) is 2.89. The summed E-state index contributed by atoms with van der Waals surface area (Å²) >= 11 is 0. The topological polar surface area (TPSA) is 73.8 Å². The second-order valence-electron chi connectivity index (χ2n) is 19.1. The van der Waals surface area contributed by atoms with Crippen LogP contribution in [0.4, 0.5) is 0 Å². The second kappa shape index (κ2) is 17.3. The Hall–Kier alpha value is 0.114. The Morgan fingerprint density at radius 2 is 0.600 bits per heavy atom. The van der Waals surface area contributed by atoms with Crippen LogP contribution < -0.4 is 0 Å². The predicted octanol–water partition coefficient (Wildman–Crippen LogP) is 10.9. The summed E-state index contributed by atoms with van der Waals surface area (Å²) < 4.78 is 53.1. The Labute approximate surface area is 310 Å². The molecule has 0 aromatic heterocycles. The molecule has 6 atom stereocenters. The molecule has 0 amide bonds. The van der Waals surface area contributed by atoms with Crippen LogP contribution in [0.2, 0.25) is 33.2 Å². The Morgan fingerprint density at radius 1 is 0.400 bits per heavy atom. The molecule has 296 valence electrons.